The van der Waals surface area contributed by atoms with E-state index >= 15 is 0 Å². The maximum atomic E-state index is 12.4. The van der Waals surface area contributed by atoms with Gasteiger partial charge in [0.05, 0.1) is 12.5 Å². The van der Waals surface area contributed by atoms with E-state index in [1.165, 1.54) is 4.90 Å². The molecule has 0 heterocycles. The molecule has 2 aromatic rings. The van der Waals surface area contributed by atoms with E-state index in [4.69, 9.17) is 0 Å². The van der Waals surface area contributed by atoms with Gasteiger partial charge in [0.15, 0.2) is 5.78 Å². The highest BCUT2D eigenvalue weighted by atomic mass is 16.2. The van der Waals surface area contributed by atoms with Crippen molar-refractivity contribution in [3.05, 3.63) is 71.8 Å². The van der Waals surface area contributed by atoms with Crippen molar-refractivity contribution >= 4 is 11.7 Å². The number of carbonyl (C=O) groups excluding carboxylic acids is 2. The summed E-state index contributed by atoms with van der Waals surface area (Å²) in [4.78, 5) is 26.0. The second-order valence-electron chi connectivity index (χ2n) is 5.12. The zero-order valence-electron chi connectivity index (χ0n) is 12.3. The lowest BCUT2D eigenvalue weighted by Crippen LogP contribution is -2.35. The van der Waals surface area contributed by atoms with Gasteiger partial charge in [0.1, 0.15) is 0 Å². The maximum Gasteiger partial charge on any atom is 0.229 e. The van der Waals surface area contributed by atoms with Crippen LogP contribution in [0.25, 0.3) is 0 Å². The first kappa shape index (κ1) is 15.0. The summed E-state index contributed by atoms with van der Waals surface area (Å²) in [6, 6.07) is 18.6. The third kappa shape index (κ3) is 3.78. The summed E-state index contributed by atoms with van der Waals surface area (Å²) >= 11 is 0. The van der Waals surface area contributed by atoms with Gasteiger partial charge in [-0.1, -0.05) is 60.7 Å². The van der Waals surface area contributed by atoms with Crippen LogP contribution in [-0.2, 0) is 4.79 Å². The summed E-state index contributed by atoms with van der Waals surface area (Å²) in [5.74, 6) is -0.350. The Morgan fingerprint density at radius 2 is 1.48 bits per heavy atom. The molecule has 1 atom stereocenters. The molecule has 2 rings (SSSR count). The van der Waals surface area contributed by atoms with E-state index in [9.17, 15) is 9.59 Å². The summed E-state index contributed by atoms with van der Waals surface area (Å²) in [6.45, 7) is 1.96. The lowest BCUT2D eigenvalue weighted by molar-refractivity contribution is -0.130. The number of ketones is 1. The van der Waals surface area contributed by atoms with Gasteiger partial charge in [0, 0.05) is 12.6 Å². The van der Waals surface area contributed by atoms with Gasteiger partial charge >= 0.3 is 0 Å². The van der Waals surface area contributed by atoms with E-state index in [-0.39, 0.29) is 24.2 Å². The minimum absolute atomic E-state index is 0.0493. The molecule has 0 unspecified atom stereocenters. The fourth-order valence-electron chi connectivity index (χ4n) is 2.22. The van der Waals surface area contributed by atoms with Crippen LogP contribution < -0.4 is 0 Å². The van der Waals surface area contributed by atoms with Crippen LogP contribution in [0, 0.1) is 0 Å². The van der Waals surface area contributed by atoms with Crippen molar-refractivity contribution in [2.24, 2.45) is 0 Å². The van der Waals surface area contributed by atoms with E-state index in [0.29, 0.717) is 5.56 Å². The van der Waals surface area contributed by atoms with Gasteiger partial charge in [-0.3, -0.25) is 9.59 Å². The first-order valence-electron chi connectivity index (χ1n) is 6.97. The molecule has 0 bridgehead atoms. The van der Waals surface area contributed by atoms with Crippen molar-refractivity contribution in [3.8, 4) is 0 Å². The SMILES string of the molecule is C[C@H](C(=O)N(C)CC(=O)c1ccccc1)c1ccccc1. The Bertz CT molecular complexity index is 608. The summed E-state index contributed by atoms with van der Waals surface area (Å²) in [5.41, 5.74) is 1.59. The highest BCUT2D eigenvalue weighted by Gasteiger charge is 2.21. The van der Waals surface area contributed by atoms with E-state index < -0.39 is 0 Å². The smallest absolute Gasteiger partial charge is 0.229 e. The minimum Gasteiger partial charge on any atom is -0.338 e. The van der Waals surface area contributed by atoms with Crippen LogP contribution in [-0.4, -0.2) is 30.2 Å². The average molecular weight is 281 g/mol. The standard InChI is InChI=1S/C18H19NO2/c1-14(15-9-5-3-6-10-15)18(21)19(2)13-17(20)16-11-7-4-8-12-16/h3-12,14H,13H2,1-2H3/t14-/m0/s1. The van der Waals surface area contributed by atoms with Crippen molar-refractivity contribution in [1.82, 2.24) is 4.90 Å². The Kier molecular flexibility index (Phi) is 4.88. The van der Waals surface area contributed by atoms with Gasteiger partial charge in [-0.25, -0.2) is 0 Å². The van der Waals surface area contributed by atoms with Crippen molar-refractivity contribution < 1.29 is 9.59 Å². The number of carbonyl (C=O) groups is 2. The Labute approximate surface area is 125 Å². The molecule has 21 heavy (non-hydrogen) atoms. The number of hydrogen-bond acceptors (Lipinski definition) is 2. The van der Waals surface area contributed by atoms with Crippen LogP contribution in [0.2, 0.25) is 0 Å². The number of hydrogen-bond donors (Lipinski definition) is 0. The first-order chi connectivity index (χ1) is 10.1. The number of rotatable bonds is 5. The normalized spacial score (nSPS) is 11.7. The van der Waals surface area contributed by atoms with Crippen LogP contribution in [0.5, 0.6) is 0 Å². The predicted molar refractivity (Wildman–Crippen MR) is 83.3 cm³/mol. The number of likely N-dealkylation sites (N-methyl/N-ethyl adjacent to an activating group) is 1. The quantitative estimate of drug-likeness (QED) is 0.790. The van der Waals surface area contributed by atoms with Gasteiger partial charge in [0.2, 0.25) is 5.91 Å². The lowest BCUT2D eigenvalue weighted by atomic mass is 10.00. The third-order valence-electron chi connectivity index (χ3n) is 3.52. The molecule has 3 nitrogen and oxygen atoms in total. The molecule has 0 aliphatic heterocycles. The highest BCUT2D eigenvalue weighted by molar-refractivity contribution is 5.99. The molecule has 0 spiro atoms. The Morgan fingerprint density at radius 3 is 2.05 bits per heavy atom. The van der Waals surface area contributed by atoms with Crippen LogP contribution in [0.15, 0.2) is 60.7 Å². The molecule has 0 aliphatic carbocycles. The Balaban J connectivity index is 2.01. The second kappa shape index (κ2) is 6.84. The number of nitrogens with zero attached hydrogens (tertiary/aromatic N) is 1. The maximum absolute atomic E-state index is 12.4. The van der Waals surface area contributed by atoms with Crippen LogP contribution >= 0.6 is 0 Å². The van der Waals surface area contributed by atoms with Crippen molar-refractivity contribution in [2.45, 2.75) is 12.8 Å². The van der Waals surface area contributed by atoms with Gasteiger partial charge in [-0.05, 0) is 12.5 Å². The molecule has 1 amide bonds. The monoisotopic (exact) mass is 281 g/mol. The molecular weight excluding hydrogens is 262 g/mol. The summed E-state index contributed by atoms with van der Waals surface area (Å²) in [7, 11) is 1.67. The zero-order valence-corrected chi connectivity index (χ0v) is 12.3. The first-order valence-corrected chi connectivity index (χ1v) is 6.97. The van der Waals surface area contributed by atoms with Crippen LogP contribution in [0.3, 0.4) is 0 Å². The lowest BCUT2D eigenvalue weighted by Gasteiger charge is -2.21. The Morgan fingerprint density at radius 1 is 0.952 bits per heavy atom. The number of benzene rings is 2. The summed E-state index contributed by atoms with van der Waals surface area (Å²) < 4.78 is 0. The van der Waals surface area contributed by atoms with E-state index in [1.54, 1.807) is 19.2 Å². The fraction of sp³-hybridized carbons (Fsp3) is 0.222. The molecular formula is C18H19NO2. The molecule has 0 saturated heterocycles. The molecule has 3 heteroatoms. The third-order valence-corrected chi connectivity index (χ3v) is 3.52. The molecule has 2 aromatic carbocycles. The van der Waals surface area contributed by atoms with Gasteiger partial charge in [-0.2, -0.15) is 0 Å². The average Bonchev–Trinajstić information content (AvgIpc) is 2.55. The van der Waals surface area contributed by atoms with Crippen molar-refractivity contribution in [2.75, 3.05) is 13.6 Å². The Hall–Kier alpha value is -2.42. The van der Waals surface area contributed by atoms with Crippen LogP contribution in [0.1, 0.15) is 28.8 Å². The molecule has 0 saturated carbocycles. The van der Waals surface area contributed by atoms with Gasteiger partial charge in [0.25, 0.3) is 0 Å². The topological polar surface area (TPSA) is 37.4 Å². The predicted octanol–water partition coefficient (Wildman–Crippen LogP) is 3.13. The highest BCUT2D eigenvalue weighted by Crippen LogP contribution is 2.17. The summed E-state index contributed by atoms with van der Waals surface area (Å²) in [5, 5.41) is 0. The molecule has 0 radical (unpaired) electrons. The van der Waals surface area contributed by atoms with Gasteiger partial charge in [-0.15, -0.1) is 0 Å². The second-order valence-corrected chi connectivity index (χ2v) is 5.12. The number of amides is 1. The van der Waals surface area contributed by atoms with E-state index in [1.807, 2.05) is 55.5 Å². The summed E-state index contributed by atoms with van der Waals surface area (Å²) in [6.07, 6.45) is 0. The van der Waals surface area contributed by atoms with E-state index in [0.717, 1.165) is 5.56 Å². The van der Waals surface area contributed by atoms with Gasteiger partial charge < -0.3 is 4.90 Å². The molecule has 0 fully saturated rings. The van der Waals surface area contributed by atoms with Crippen molar-refractivity contribution in [1.29, 1.82) is 0 Å². The largest absolute Gasteiger partial charge is 0.338 e. The minimum atomic E-state index is -0.250. The molecule has 0 N–H and O–H groups in total. The molecule has 0 aromatic heterocycles. The van der Waals surface area contributed by atoms with Crippen molar-refractivity contribution in [3.63, 3.8) is 0 Å². The fourth-order valence-corrected chi connectivity index (χ4v) is 2.22. The van der Waals surface area contributed by atoms with E-state index in [2.05, 4.69) is 0 Å². The molecule has 108 valence electrons. The zero-order chi connectivity index (χ0) is 15.2. The number of Topliss-reactive ketones (excluding diaryl/α,β-unsaturated/α-hetero) is 1. The van der Waals surface area contributed by atoms with Crippen LogP contribution in [0.4, 0.5) is 0 Å². The molecule has 0 aliphatic rings.